The topological polar surface area (TPSA) is 90.7 Å². The fourth-order valence-corrected chi connectivity index (χ4v) is 4.57. The zero-order chi connectivity index (χ0) is 24.4. The number of benzene rings is 2. The third kappa shape index (κ3) is 4.55. The SMILES string of the molecule is O=C1CC(Nc2cccc[n+]2C2CC(=O)N(Cc3ccccc3)C2=O)C(=O)N1Cc1ccccc1. The number of likely N-dealkylation sites (tertiary alicyclic amines) is 2. The zero-order valence-corrected chi connectivity index (χ0v) is 19.0. The van der Waals surface area contributed by atoms with Crippen molar-refractivity contribution < 1.29 is 23.7 Å². The van der Waals surface area contributed by atoms with E-state index in [-0.39, 0.29) is 49.6 Å². The molecule has 3 heterocycles. The molecule has 2 aliphatic rings. The summed E-state index contributed by atoms with van der Waals surface area (Å²) in [6.07, 6.45) is 1.78. The summed E-state index contributed by atoms with van der Waals surface area (Å²) < 4.78 is 1.68. The summed E-state index contributed by atoms with van der Waals surface area (Å²) >= 11 is 0. The molecule has 2 saturated heterocycles. The molecular formula is C27H25N4O4+. The molecule has 3 aromatic rings. The Morgan fingerprint density at radius 1 is 0.686 bits per heavy atom. The van der Waals surface area contributed by atoms with Gasteiger partial charge in [0.1, 0.15) is 0 Å². The standard InChI is InChI=1S/C27H24N4O4/c32-24-15-21(26(34)30(24)17-19-9-3-1-4-10-19)28-23-13-7-8-14-29(23)22-16-25(33)31(27(22)35)18-20-11-5-2-6-12-20/h1-14,21-22H,15-18H2/p+1. The Morgan fingerprint density at radius 3 is 1.86 bits per heavy atom. The van der Waals surface area contributed by atoms with Gasteiger partial charge < -0.3 is 0 Å². The summed E-state index contributed by atoms with van der Waals surface area (Å²) in [4.78, 5) is 54.1. The smallest absolute Gasteiger partial charge is 0.274 e. The minimum absolute atomic E-state index is 0.0260. The number of amides is 4. The normalized spacial score (nSPS) is 20.1. The predicted octanol–water partition coefficient (Wildman–Crippen LogP) is 2.21. The van der Waals surface area contributed by atoms with Crippen molar-refractivity contribution in [2.45, 2.75) is 38.0 Å². The molecule has 2 fully saturated rings. The molecule has 8 nitrogen and oxygen atoms in total. The molecule has 4 amide bonds. The van der Waals surface area contributed by atoms with E-state index >= 15 is 0 Å². The Morgan fingerprint density at radius 2 is 1.23 bits per heavy atom. The van der Waals surface area contributed by atoms with Crippen LogP contribution in [0.5, 0.6) is 0 Å². The number of hydrogen-bond donors (Lipinski definition) is 1. The molecule has 5 rings (SSSR count). The zero-order valence-electron chi connectivity index (χ0n) is 19.0. The maximum Gasteiger partial charge on any atom is 0.275 e. The monoisotopic (exact) mass is 469 g/mol. The quantitative estimate of drug-likeness (QED) is 0.423. The van der Waals surface area contributed by atoms with Gasteiger partial charge in [-0.05, 0) is 17.2 Å². The molecule has 8 heteroatoms. The van der Waals surface area contributed by atoms with Gasteiger partial charge >= 0.3 is 0 Å². The summed E-state index contributed by atoms with van der Waals surface area (Å²) in [6.45, 7) is 0.435. The molecule has 176 valence electrons. The lowest BCUT2D eigenvalue weighted by atomic mass is 10.2. The predicted molar refractivity (Wildman–Crippen MR) is 126 cm³/mol. The van der Waals surface area contributed by atoms with Crippen molar-refractivity contribution in [3.05, 3.63) is 96.2 Å². The van der Waals surface area contributed by atoms with E-state index in [4.69, 9.17) is 0 Å². The highest BCUT2D eigenvalue weighted by Crippen LogP contribution is 2.25. The molecule has 2 aliphatic heterocycles. The van der Waals surface area contributed by atoms with Crippen LogP contribution in [0.1, 0.15) is 30.0 Å². The molecule has 1 N–H and O–H groups in total. The Hall–Kier alpha value is -4.33. The average molecular weight is 470 g/mol. The minimum atomic E-state index is -0.743. The van der Waals surface area contributed by atoms with Gasteiger partial charge in [-0.3, -0.25) is 34.3 Å². The highest BCUT2D eigenvalue weighted by atomic mass is 16.2. The molecule has 0 aliphatic carbocycles. The minimum Gasteiger partial charge on any atom is -0.274 e. The van der Waals surface area contributed by atoms with Gasteiger partial charge in [-0.25, -0.2) is 4.57 Å². The molecule has 0 bridgehead atoms. The first-order valence-electron chi connectivity index (χ1n) is 11.5. The van der Waals surface area contributed by atoms with Crippen LogP contribution in [-0.4, -0.2) is 39.5 Å². The van der Waals surface area contributed by atoms with Crippen molar-refractivity contribution in [3.63, 3.8) is 0 Å². The number of imide groups is 2. The van der Waals surface area contributed by atoms with Crippen LogP contribution in [0.3, 0.4) is 0 Å². The van der Waals surface area contributed by atoms with E-state index < -0.39 is 12.1 Å². The van der Waals surface area contributed by atoms with Gasteiger partial charge in [0.2, 0.25) is 11.8 Å². The third-order valence-corrected chi connectivity index (χ3v) is 6.38. The van der Waals surface area contributed by atoms with Crippen LogP contribution >= 0.6 is 0 Å². The van der Waals surface area contributed by atoms with Crippen LogP contribution in [0.25, 0.3) is 0 Å². The van der Waals surface area contributed by atoms with Crippen LogP contribution in [0.4, 0.5) is 5.82 Å². The molecule has 2 unspecified atom stereocenters. The number of nitrogens with zero attached hydrogens (tertiary/aromatic N) is 3. The van der Waals surface area contributed by atoms with Gasteiger partial charge in [0.25, 0.3) is 17.6 Å². The van der Waals surface area contributed by atoms with Crippen molar-refractivity contribution in [1.29, 1.82) is 0 Å². The van der Waals surface area contributed by atoms with Gasteiger partial charge in [0.05, 0.1) is 32.1 Å². The van der Waals surface area contributed by atoms with E-state index in [1.54, 1.807) is 29.0 Å². The Labute approximate surface area is 202 Å². The Kier molecular flexibility index (Phi) is 6.10. The lowest BCUT2D eigenvalue weighted by Crippen LogP contribution is -2.47. The molecule has 1 aromatic heterocycles. The summed E-state index contributed by atoms with van der Waals surface area (Å²) in [7, 11) is 0. The second-order valence-corrected chi connectivity index (χ2v) is 8.72. The number of nitrogens with one attached hydrogen (secondary N) is 1. The first kappa shape index (κ1) is 22.5. The number of anilines is 1. The van der Waals surface area contributed by atoms with Crippen molar-refractivity contribution in [1.82, 2.24) is 9.80 Å². The van der Waals surface area contributed by atoms with Crippen LogP contribution in [0.2, 0.25) is 0 Å². The molecule has 2 atom stereocenters. The van der Waals surface area contributed by atoms with E-state index in [0.717, 1.165) is 11.1 Å². The average Bonchev–Trinajstić information content (AvgIpc) is 3.30. The van der Waals surface area contributed by atoms with E-state index in [1.165, 1.54) is 9.80 Å². The third-order valence-electron chi connectivity index (χ3n) is 6.38. The molecule has 0 saturated carbocycles. The van der Waals surface area contributed by atoms with Crippen LogP contribution < -0.4 is 9.88 Å². The number of carbonyl (C=O) groups is 4. The number of hydrogen-bond acceptors (Lipinski definition) is 5. The van der Waals surface area contributed by atoms with Crippen LogP contribution in [-0.2, 0) is 32.3 Å². The van der Waals surface area contributed by atoms with Crippen molar-refractivity contribution in [2.24, 2.45) is 0 Å². The van der Waals surface area contributed by atoms with Crippen molar-refractivity contribution in [2.75, 3.05) is 5.32 Å². The van der Waals surface area contributed by atoms with E-state index in [0.29, 0.717) is 5.82 Å². The second kappa shape index (κ2) is 9.50. The lowest BCUT2D eigenvalue weighted by Gasteiger charge is -2.16. The van der Waals surface area contributed by atoms with E-state index in [1.807, 2.05) is 60.7 Å². The van der Waals surface area contributed by atoms with E-state index in [9.17, 15) is 19.2 Å². The van der Waals surface area contributed by atoms with Gasteiger partial charge in [0.15, 0.2) is 12.1 Å². The number of carbonyl (C=O) groups excluding carboxylic acids is 4. The highest BCUT2D eigenvalue weighted by molar-refractivity contribution is 6.06. The largest absolute Gasteiger partial charge is 0.275 e. The fourth-order valence-electron chi connectivity index (χ4n) is 4.57. The molecule has 0 spiro atoms. The lowest BCUT2D eigenvalue weighted by molar-refractivity contribution is -0.694. The summed E-state index contributed by atoms with van der Waals surface area (Å²) in [5.74, 6) is -0.591. The maximum absolute atomic E-state index is 13.2. The molecule has 35 heavy (non-hydrogen) atoms. The number of aromatic nitrogens is 1. The van der Waals surface area contributed by atoms with Crippen molar-refractivity contribution in [3.8, 4) is 0 Å². The van der Waals surface area contributed by atoms with Gasteiger partial charge in [-0.15, -0.1) is 0 Å². The molecular weight excluding hydrogens is 444 g/mol. The molecule has 2 aromatic carbocycles. The maximum atomic E-state index is 13.2. The van der Waals surface area contributed by atoms with Crippen molar-refractivity contribution >= 4 is 29.4 Å². The number of pyridine rings is 1. The summed E-state index contributed by atoms with van der Waals surface area (Å²) in [5.41, 5.74) is 1.75. The summed E-state index contributed by atoms with van der Waals surface area (Å²) in [6, 6.07) is 22.6. The molecule has 0 radical (unpaired) electrons. The summed E-state index contributed by atoms with van der Waals surface area (Å²) in [5, 5.41) is 3.15. The van der Waals surface area contributed by atoms with Gasteiger partial charge in [0, 0.05) is 6.07 Å². The van der Waals surface area contributed by atoms with Crippen LogP contribution in [0, 0.1) is 0 Å². The van der Waals surface area contributed by atoms with E-state index in [2.05, 4.69) is 5.32 Å². The first-order chi connectivity index (χ1) is 17.0. The Bertz CT molecular complexity index is 1280. The number of rotatable bonds is 7. The second-order valence-electron chi connectivity index (χ2n) is 8.72. The fraction of sp³-hybridized carbons (Fsp3) is 0.222. The van der Waals surface area contributed by atoms with Crippen LogP contribution in [0.15, 0.2) is 85.1 Å². The van der Waals surface area contributed by atoms with Gasteiger partial charge in [-0.1, -0.05) is 66.7 Å². The highest BCUT2D eigenvalue weighted by Gasteiger charge is 2.45. The Balaban J connectivity index is 1.32. The van der Waals surface area contributed by atoms with Gasteiger partial charge in [-0.2, -0.15) is 0 Å². The first-order valence-corrected chi connectivity index (χ1v) is 11.5.